The minimum atomic E-state index is -1.63. The Balaban J connectivity index is 2.66. The SMILES string of the molecule is COc1cccc(F)c1C(C)(O)c1cnccc1N. The van der Waals surface area contributed by atoms with Gasteiger partial charge in [0.15, 0.2) is 0 Å². The number of rotatable bonds is 3. The number of nitrogens with two attached hydrogens (primary N) is 1. The number of pyridine rings is 1. The van der Waals surface area contributed by atoms with Gasteiger partial charge in [-0.3, -0.25) is 4.98 Å². The summed E-state index contributed by atoms with van der Waals surface area (Å²) in [5.74, 6) is -0.305. The Morgan fingerprint density at radius 1 is 1.37 bits per heavy atom. The second-order valence-corrected chi connectivity index (χ2v) is 4.35. The van der Waals surface area contributed by atoms with Crippen molar-refractivity contribution in [2.24, 2.45) is 0 Å². The highest BCUT2D eigenvalue weighted by molar-refractivity contribution is 5.54. The summed E-state index contributed by atoms with van der Waals surface area (Å²) in [6.07, 6.45) is 2.93. The van der Waals surface area contributed by atoms with Gasteiger partial charge in [0.25, 0.3) is 0 Å². The highest BCUT2D eigenvalue weighted by Gasteiger charge is 2.34. The van der Waals surface area contributed by atoms with Crippen LogP contribution in [0.25, 0.3) is 0 Å². The Kier molecular flexibility index (Phi) is 3.40. The van der Waals surface area contributed by atoms with Crippen molar-refractivity contribution in [3.63, 3.8) is 0 Å². The van der Waals surface area contributed by atoms with Gasteiger partial charge in [-0.15, -0.1) is 0 Å². The molecule has 0 bridgehead atoms. The van der Waals surface area contributed by atoms with E-state index in [0.717, 1.165) is 0 Å². The van der Waals surface area contributed by atoms with Gasteiger partial charge in [0.1, 0.15) is 17.2 Å². The van der Waals surface area contributed by atoms with E-state index in [-0.39, 0.29) is 11.3 Å². The van der Waals surface area contributed by atoms with E-state index in [0.29, 0.717) is 11.3 Å². The predicted octanol–water partition coefficient (Wildman–Crippen LogP) is 2.07. The number of aromatic nitrogens is 1. The number of nitrogen functional groups attached to an aromatic ring is 1. The van der Waals surface area contributed by atoms with E-state index < -0.39 is 11.4 Å². The molecule has 1 unspecified atom stereocenters. The summed E-state index contributed by atoms with van der Waals surface area (Å²) in [6.45, 7) is 1.46. The van der Waals surface area contributed by atoms with Crippen LogP contribution in [0.15, 0.2) is 36.7 Å². The first-order chi connectivity index (χ1) is 8.98. The van der Waals surface area contributed by atoms with Crippen LogP contribution in [0.2, 0.25) is 0 Å². The van der Waals surface area contributed by atoms with Crippen LogP contribution in [0.5, 0.6) is 5.75 Å². The van der Waals surface area contributed by atoms with Crippen LogP contribution in [0.4, 0.5) is 10.1 Å². The Morgan fingerprint density at radius 2 is 2.11 bits per heavy atom. The first-order valence-electron chi connectivity index (χ1n) is 5.73. The molecule has 0 aliphatic heterocycles. The van der Waals surface area contributed by atoms with E-state index in [1.807, 2.05) is 0 Å². The lowest BCUT2D eigenvalue weighted by molar-refractivity contribution is 0.0949. The lowest BCUT2D eigenvalue weighted by Crippen LogP contribution is -2.26. The van der Waals surface area contributed by atoms with Crippen molar-refractivity contribution >= 4 is 5.69 Å². The molecular weight excluding hydrogens is 247 g/mol. The fourth-order valence-electron chi connectivity index (χ4n) is 2.09. The molecule has 0 saturated carbocycles. The maximum Gasteiger partial charge on any atom is 0.133 e. The highest BCUT2D eigenvalue weighted by atomic mass is 19.1. The Bertz CT molecular complexity index is 600. The lowest BCUT2D eigenvalue weighted by atomic mass is 9.87. The van der Waals surface area contributed by atoms with Crippen LogP contribution < -0.4 is 10.5 Å². The fraction of sp³-hybridized carbons (Fsp3) is 0.214. The summed E-state index contributed by atoms with van der Waals surface area (Å²) >= 11 is 0. The largest absolute Gasteiger partial charge is 0.496 e. The minimum absolute atomic E-state index is 0.0391. The third-order valence-corrected chi connectivity index (χ3v) is 3.06. The van der Waals surface area contributed by atoms with E-state index in [2.05, 4.69) is 4.98 Å². The first-order valence-corrected chi connectivity index (χ1v) is 5.73. The van der Waals surface area contributed by atoms with Crippen molar-refractivity contribution in [2.75, 3.05) is 12.8 Å². The highest BCUT2D eigenvalue weighted by Crippen LogP contribution is 2.38. The molecule has 0 saturated heterocycles. The van der Waals surface area contributed by atoms with E-state index in [9.17, 15) is 9.50 Å². The van der Waals surface area contributed by atoms with Gasteiger partial charge in [0.2, 0.25) is 0 Å². The number of nitrogens with zero attached hydrogens (tertiary/aromatic N) is 1. The second kappa shape index (κ2) is 4.85. The monoisotopic (exact) mass is 262 g/mol. The number of hydrogen-bond acceptors (Lipinski definition) is 4. The predicted molar refractivity (Wildman–Crippen MR) is 70.3 cm³/mol. The average molecular weight is 262 g/mol. The number of methoxy groups -OCH3 is 1. The van der Waals surface area contributed by atoms with Crippen LogP contribution in [0.3, 0.4) is 0 Å². The molecule has 0 spiro atoms. The van der Waals surface area contributed by atoms with Gasteiger partial charge >= 0.3 is 0 Å². The van der Waals surface area contributed by atoms with Crippen LogP contribution in [-0.4, -0.2) is 17.2 Å². The molecule has 0 amide bonds. The fourth-order valence-corrected chi connectivity index (χ4v) is 2.09. The molecule has 1 heterocycles. The number of aliphatic hydroxyl groups is 1. The maximum absolute atomic E-state index is 14.0. The summed E-state index contributed by atoms with van der Waals surface area (Å²) in [5.41, 5.74) is 4.90. The molecular formula is C14H15FN2O2. The summed E-state index contributed by atoms with van der Waals surface area (Å²) in [5, 5.41) is 10.7. The zero-order chi connectivity index (χ0) is 14.0. The molecule has 1 aromatic heterocycles. The maximum atomic E-state index is 14.0. The molecule has 0 aliphatic rings. The smallest absolute Gasteiger partial charge is 0.133 e. The van der Waals surface area contributed by atoms with E-state index in [1.54, 1.807) is 12.1 Å². The van der Waals surface area contributed by atoms with Crippen molar-refractivity contribution < 1.29 is 14.2 Å². The van der Waals surface area contributed by atoms with Crippen molar-refractivity contribution in [1.82, 2.24) is 4.98 Å². The molecule has 0 aliphatic carbocycles. The number of benzene rings is 1. The third-order valence-electron chi connectivity index (χ3n) is 3.06. The third kappa shape index (κ3) is 2.24. The molecule has 3 N–H and O–H groups in total. The first kappa shape index (κ1) is 13.3. The number of ether oxygens (including phenoxy) is 1. The molecule has 1 aromatic carbocycles. The zero-order valence-electron chi connectivity index (χ0n) is 10.7. The van der Waals surface area contributed by atoms with Crippen LogP contribution in [-0.2, 0) is 5.60 Å². The molecule has 0 fully saturated rings. The Hall–Kier alpha value is -2.14. The average Bonchev–Trinajstić information content (AvgIpc) is 2.38. The van der Waals surface area contributed by atoms with Crippen molar-refractivity contribution in [3.05, 3.63) is 53.6 Å². The van der Waals surface area contributed by atoms with Gasteiger partial charge in [-0.2, -0.15) is 0 Å². The van der Waals surface area contributed by atoms with Gasteiger partial charge < -0.3 is 15.6 Å². The standard InChI is InChI=1S/C14H15FN2O2/c1-14(18,9-8-17-7-6-11(9)16)13-10(15)4-3-5-12(13)19-2/h3-8,18H,1-2H3,(H2,16,17). The van der Waals surface area contributed by atoms with E-state index in [4.69, 9.17) is 10.5 Å². The molecule has 0 radical (unpaired) electrons. The van der Waals surface area contributed by atoms with Crippen LogP contribution in [0, 0.1) is 5.82 Å². The quantitative estimate of drug-likeness (QED) is 0.888. The van der Waals surface area contributed by atoms with Crippen LogP contribution >= 0.6 is 0 Å². The number of anilines is 1. The molecule has 2 rings (SSSR count). The molecule has 5 heteroatoms. The van der Waals surface area contributed by atoms with Gasteiger partial charge in [-0.1, -0.05) is 6.07 Å². The summed E-state index contributed by atoms with van der Waals surface area (Å²) in [4.78, 5) is 3.92. The van der Waals surface area contributed by atoms with Crippen molar-refractivity contribution in [3.8, 4) is 5.75 Å². The topological polar surface area (TPSA) is 68.4 Å². The van der Waals surface area contributed by atoms with E-state index in [1.165, 1.54) is 38.6 Å². The molecule has 2 aromatic rings. The molecule has 1 atom stereocenters. The zero-order valence-corrected chi connectivity index (χ0v) is 10.7. The molecule has 19 heavy (non-hydrogen) atoms. The van der Waals surface area contributed by atoms with Crippen molar-refractivity contribution in [1.29, 1.82) is 0 Å². The van der Waals surface area contributed by atoms with Gasteiger partial charge in [0.05, 0.1) is 12.7 Å². The number of hydrogen-bond donors (Lipinski definition) is 2. The second-order valence-electron chi connectivity index (χ2n) is 4.35. The lowest BCUT2D eigenvalue weighted by Gasteiger charge is -2.27. The van der Waals surface area contributed by atoms with Crippen molar-refractivity contribution in [2.45, 2.75) is 12.5 Å². The number of halogens is 1. The normalized spacial score (nSPS) is 13.9. The van der Waals surface area contributed by atoms with Gasteiger partial charge in [0, 0.05) is 23.6 Å². The van der Waals surface area contributed by atoms with Gasteiger partial charge in [-0.05, 0) is 25.1 Å². The minimum Gasteiger partial charge on any atom is -0.496 e. The van der Waals surface area contributed by atoms with Gasteiger partial charge in [-0.25, -0.2) is 4.39 Å². The summed E-state index contributed by atoms with van der Waals surface area (Å²) in [7, 11) is 1.42. The molecule has 4 nitrogen and oxygen atoms in total. The van der Waals surface area contributed by atoms with E-state index >= 15 is 0 Å². The Labute approximate surface area is 110 Å². The van der Waals surface area contributed by atoms with Crippen LogP contribution in [0.1, 0.15) is 18.1 Å². The summed E-state index contributed by atoms with van der Waals surface area (Å²) in [6, 6.07) is 5.91. The molecule has 100 valence electrons. The Morgan fingerprint density at radius 3 is 2.74 bits per heavy atom. The summed E-state index contributed by atoms with van der Waals surface area (Å²) < 4.78 is 19.2.